The molecule has 0 atom stereocenters. The van der Waals surface area contributed by atoms with Gasteiger partial charge in [-0.15, -0.1) is 0 Å². The molecule has 2 aliphatic rings. The molecule has 9 rings (SSSR count). The van der Waals surface area contributed by atoms with Crippen LogP contribution in [0.25, 0.3) is 22.3 Å². The predicted molar refractivity (Wildman–Crippen MR) is 193 cm³/mol. The molecule has 212 valence electrons. The summed E-state index contributed by atoms with van der Waals surface area (Å²) in [5, 5.41) is 5.96. The number of hydrogen-bond acceptors (Lipinski definition) is 2. The maximum Gasteiger partial charge on any atom is 0.183 e. The van der Waals surface area contributed by atoms with E-state index in [0.29, 0.717) is 0 Å². The van der Waals surface area contributed by atoms with Crippen LogP contribution >= 0.6 is 11.8 Å². The van der Waals surface area contributed by atoms with Crippen LogP contribution in [0.4, 0.5) is 17.1 Å². The standard InChI is InChI=1S/C42H29NSSi/c1-3-13-30(14-4-1)31-23-25-33(26-24-31)43(32-15-5-2-6-16-32)34-27-28-36-35-17-7-10-20-39(35)45(42(36)29-34)40-21-11-8-18-37(40)44-38-19-9-12-22-41(38)45/h1-29H. The number of rotatable bonds is 4. The van der Waals surface area contributed by atoms with Crippen LogP contribution < -0.4 is 25.6 Å². The van der Waals surface area contributed by atoms with E-state index in [1.165, 1.54) is 58.5 Å². The first-order valence-electron chi connectivity index (χ1n) is 15.4. The minimum Gasteiger partial charge on any atom is -0.311 e. The van der Waals surface area contributed by atoms with Crippen molar-refractivity contribution in [1.82, 2.24) is 0 Å². The molecule has 1 nitrogen and oxygen atoms in total. The monoisotopic (exact) mass is 607 g/mol. The Kier molecular flexibility index (Phi) is 6.15. The third-order valence-corrected chi connectivity index (χ3v) is 15.8. The van der Waals surface area contributed by atoms with Crippen LogP contribution in [0.15, 0.2) is 186 Å². The predicted octanol–water partition coefficient (Wildman–Crippen LogP) is 8.65. The second kappa shape index (κ2) is 10.5. The van der Waals surface area contributed by atoms with Crippen LogP contribution in [0.1, 0.15) is 0 Å². The number of fused-ring (bicyclic) bond motifs is 9. The lowest BCUT2D eigenvalue weighted by molar-refractivity contribution is 1.29. The van der Waals surface area contributed by atoms with Gasteiger partial charge >= 0.3 is 0 Å². The molecule has 3 heteroatoms. The van der Waals surface area contributed by atoms with Gasteiger partial charge in [-0.1, -0.05) is 139 Å². The molecule has 0 bridgehead atoms. The van der Waals surface area contributed by atoms with Crippen molar-refractivity contribution in [3.05, 3.63) is 176 Å². The van der Waals surface area contributed by atoms with Crippen molar-refractivity contribution in [2.75, 3.05) is 4.90 Å². The zero-order valence-electron chi connectivity index (χ0n) is 24.6. The van der Waals surface area contributed by atoms with E-state index in [0.717, 1.165) is 11.4 Å². The van der Waals surface area contributed by atoms with Gasteiger partial charge in [-0.25, -0.2) is 0 Å². The number of anilines is 3. The van der Waals surface area contributed by atoms with Crippen LogP contribution in [0.2, 0.25) is 0 Å². The highest BCUT2D eigenvalue weighted by Gasteiger charge is 2.52. The Balaban J connectivity index is 1.29. The van der Waals surface area contributed by atoms with Gasteiger partial charge in [0.25, 0.3) is 0 Å². The van der Waals surface area contributed by atoms with E-state index in [-0.39, 0.29) is 0 Å². The van der Waals surface area contributed by atoms with E-state index in [1.54, 1.807) is 0 Å². The minimum atomic E-state index is -2.58. The Morgan fingerprint density at radius 3 is 1.53 bits per heavy atom. The van der Waals surface area contributed by atoms with Gasteiger partial charge in [0.1, 0.15) is 0 Å². The lowest BCUT2D eigenvalue weighted by Crippen LogP contribution is -2.74. The zero-order valence-corrected chi connectivity index (χ0v) is 26.4. The van der Waals surface area contributed by atoms with Crippen molar-refractivity contribution in [2.45, 2.75) is 9.79 Å². The molecule has 7 aromatic rings. The molecule has 0 aromatic heterocycles. The molecule has 0 aliphatic carbocycles. The Bertz CT molecular complexity index is 2150. The van der Waals surface area contributed by atoms with Gasteiger partial charge in [-0.05, 0) is 91.5 Å². The smallest absolute Gasteiger partial charge is 0.183 e. The number of benzene rings is 7. The molecule has 7 aromatic carbocycles. The summed E-state index contributed by atoms with van der Waals surface area (Å²) in [6.07, 6.45) is 0. The third-order valence-electron chi connectivity index (χ3n) is 9.34. The minimum absolute atomic E-state index is 1.15. The summed E-state index contributed by atoms with van der Waals surface area (Å²) in [6.45, 7) is 0. The summed E-state index contributed by atoms with van der Waals surface area (Å²) >= 11 is 1.92. The van der Waals surface area contributed by atoms with Crippen molar-refractivity contribution in [3.63, 3.8) is 0 Å². The summed E-state index contributed by atoms with van der Waals surface area (Å²) < 4.78 is 0. The molecule has 0 saturated heterocycles. The van der Waals surface area contributed by atoms with Crippen LogP contribution in [-0.4, -0.2) is 8.07 Å². The molecule has 2 aliphatic heterocycles. The molecule has 2 heterocycles. The quantitative estimate of drug-likeness (QED) is 0.184. The molecule has 0 radical (unpaired) electrons. The van der Waals surface area contributed by atoms with E-state index in [1.807, 2.05) is 11.8 Å². The second-order valence-corrected chi connectivity index (χ2v) is 16.4. The fourth-order valence-electron chi connectivity index (χ4n) is 7.44. The third kappa shape index (κ3) is 4.01. The average molecular weight is 608 g/mol. The molecule has 0 saturated carbocycles. The molecule has 0 amide bonds. The molecular formula is C42H29NSSi. The van der Waals surface area contributed by atoms with Gasteiger partial charge in [0.15, 0.2) is 8.07 Å². The number of hydrogen-bond donors (Lipinski definition) is 0. The van der Waals surface area contributed by atoms with Crippen molar-refractivity contribution in [2.24, 2.45) is 0 Å². The summed E-state index contributed by atoms with van der Waals surface area (Å²) in [5.41, 5.74) is 8.66. The van der Waals surface area contributed by atoms with Gasteiger partial charge in [0, 0.05) is 26.9 Å². The van der Waals surface area contributed by atoms with Gasteiger partial charge in [0.05, 0.1) is 0 Å². The van der Waals surface area contributed by atoms with E-state index in [2.05, 4.69) is 181 Å². The second-order valence-electron chi connectivity index (χ2n) is 11.7. The summed E-state index contributed by atoms with van der Waals surface area (Å²) in [6, 6.07) is 65.1. The number of para-hydroxylation sites is 1. The molecule has 45 heavy (non-hydrogen) atoms. The fraction of sp³-hybridized carbons (Fsp3) is 0. The zero-order chi connectivity index (χ0) is 29.8. The van der Waals surface area contributed by atoms with Crippen LogP contribution in [0.5, 0.6) is 0 Å². The topological polar surface area (TPSA) is 3.24 Å². The Hall–Kier alpha value is -5.09. The average Bonchev–Trinajstić information content (AvgIpc) is 3.40. The molecule has 0 unspecified atom stereocenters. The van der Waals surface area contributed by atoms with Gasteiger partial charge in [-0.2, -0.15) is 0 Å². The highest BCUT2D eigenvalue weighted by Crippen LogP contribution is 2.41. The summed E-state index contributed by atoms with van der Waals surface area (Å²) in [5.74, 6) is 0. The number of nitrogens with zero attached hydrogens (tertiary/aromatic N) is 1. The fourth-order valence-corrected chi connectivity index (χ4v) is 14.8. The Morgan fingerprint density at radius 2 is 0.844 bits per heavy atom. The first-order valence-corrected chi connectivity index (χ1v) is 18.3. The van der Waals surface area contributed by atoms with E-state index in [4.69, 9.17) is 0 Å². The van der Waals surface area contributed by atoms with E-state index < -0.39 is 8.07 Å². The van der Waals surface area contributed by atoms with E-state index in [9.17, 15) is 0 Å². The van der Waals surface area contributed by atoms with Crippen LogP contribution in [0, 0.1) is 0 Å². The van der Waals surface area contributed by atoms with Crippen molar-refractivity contribution in [1.29, 1.82) is 0 Å². The lowest BCUT2D eigenvalue weighted by atomic mass is 10.0. The SMILES string of the molecule is c1ccc(-c2ccc(N(c3ccccc3)c3ccc4c(c3)[Si]3(c5ccccc5Sc5ccccc53)c3ccccc3-4)cc2)cc1. The first kappa shape index (κ1) is 26.3. The van der Waals surface area contributed by atoms with Crippen molar-refractivity contribution < 1.29 is 0 Å². The summed E-state index contributed by atoms with van der Waals surface area (Å²) in [4.78, 5) is 5.18. The van der Waals surface area contributed by atoms with Gasteiger partial charge in [-0.3, -0.25) is 0 Å². The Labute approximate surface area is 269 Å². The maximum absolute atomic E-state index is 2.58. The molecule has 1 spiro atoms. The Morgan fingerprint density at radius 1 is 0.356 bits per heavy atom. The highest BCUT2D eigenvalue weighted by molar-refractivity contribution is 8.00. The first-order chi connectivity index (χ1) is 22.3. The van der Waals surface area contributed by atoms with Gasteiger partial charge in [0.2, 0.25) is 0 Å². The molecule has 0 N–H and O–H groups in total. The normalized spacial score (nSPS) is 13.4. The lowest BCUT2D eigenvalue weighted by Gasteiger charge is -2.38. The highest BCUT2D eigenvalue weighted by atomic mass is 32.2. The van der Waals surface area contributed by atoms with Gasteiger partial charge < -0.3 is 4.90 Å². The summed E-state index contributed by atoms with van der Waals surface area (Å²) in [7, 11) is -2.58. The van der Waals surface area contributed by atoms with Crippen LogP contribution in [0.3, 0.4) is 0 Å². The van der Waals surface area contributed by atoms with Crippen molar-refractivity contribution in [3.8, 4) is 22.3 Å². The van der Waals surface area contributed by atoms with E-state index >= 15 is 0 Å². The van der Waals surface area contributed by atoms with Crippen molar-refractivity contribution >= 4 is 57.6 Å². The largest absolute Gasteiger partial charge is 0.311 e. The maximum atomic E-state index is 2.52. The van der Waals surface area contributed by atoms with Crippen LogP contribution in [-0.2, 0) is 0 Å². The molecular weight excluding hydrogens is 579 g/mol. The molecule has 0 fully saturated rings.